The van der Waals surface area contributed by atoms with E-state index in [1.165, 1.54) is 17.7 Å². The van der Waals surface area contributed by atoms with Crippen LogP contribution in [-0.4, -0.2) is 35.0 Å². The fourth-order valence-corrected chi connectivity index (χ4v) is 3.77. The molecule has 1 aromatic carbocycles. The predicted molar refractivity (Wildman–Crippen MR) is 104 cm³/mol. The minimum Gasteiger partial charge on any atom is -0.351 e. The number of nitrogens with zero attached hydrogens (tertiary/aromatic N) is 3. The maximum absolute atomic E-state index is 13.0. The van der Waals surface area contributed by atoms with Gasteiger partial charge in [-0.05, 0) is 56.7 Å². The zero-order valence-electron chi connectivity index (χ0n) is 15.8. The molecule has 0 saturated heterocycles. The number of benzene rings is 1. The van der Waals surface area contributed by atoms with Crippen molar-refractivity contribution in [1.82, 2.24) is 9.97 Å². The summed E-state index contributed by atoms with van der Waals surface area (Å²) in [7, 11) is 1.88. The first kappa shape index (κ1) is 17.7. The predicted octanol–water partition coefficient (Wildman–Crippen LogP) is 3.13. The average molecular weight is 369 g/mol. The van der Waals surface area contributed by atoms with Gasteiger partial charge in [0.15, 0.2) is 5.82 Å². The van der Waals surface area contributed by atoms with Gasteiger partial charge in [0.25, 0.3) is 0 Å². The molecule has 1 fully saturated rings. The van der Waals surface area contributed by atoms with Crippen molar-refractivity contribution in [2.24, 2.45) is 5.92 Å². The van der Waals surface area contributed by atoms with Gasteiger partial charge in [0.1, 0.15) is 17.5 Å². The van der Waals surface area contributed by atoms with Crippen molar-refractivity contribution in [2.75, 3.05) is 22.6 Å². The fraction of sp³-hybridized carbons (Fsp3) is 0.450. The van der Waals surface area contributed by atoms with Gasteiger partial charge in [-0.3, -0.25) is 4.79 Å². The summed E-state index contributed by atoms with van der Waals surface area (Å²) in [5, 5.41) is 6.31. The summed E-state index contributed by atoms with van der Waals surface area (Å²) in [4.78, 5) is 23.0. The van der Waals surface area contributed by atoms with Gasteiger partial charge in [-0.25, -0.2) is 9.37 Å². The van der Waals surface area contributed by atoms with Crippen molar-refractivity contribution in [3.05, 3.63) is 41.3 Å². The number of hydrogen-bond acceptors (Lipinski definition) is 5. The molecule has 0 spiro atoms. The highest BCUT2D eigenvalue weighted by atomic mass is 19.1. The number of aryl methyl sites for hydroxylation is 1. The third-order valence-corrected chi connectivity index (χ3v) is 5.62. The molecule has 2 heterocycles. The third kappa shape index (κ3) is 3.46. The van der Waals surface area contributed by atoms with E-state index in [4.69, 9.17) is 0 Å². The summed E-state index contributed by atoms with van der Waals surface area (Å²) in [6.07, 6.45) is 3.05. The molecule has 1 amide bonds. The monoisotopic (exact) mass is 369 g/mol. The van der Waals surface area contributed by atoms with Crippen molar-refractivity contribution in [2.45, 2.75) is 45.2 Å². The van der Waals surface area contributed by atoms with E-state index in [-0.39, 0.29) is 17.8 Å². The number of aromatic nitrogens is 2. The van der Waals surface area contributed by atoms with Gasteiger partial charge in [0, 0.05) is 13.1 Å². The number of halogens is 1. The highest BCUT2D eigenvalue weighted by molar-refractivity contribution is 6.03. The molecule has 1 atom stereocenters. The Balaban J connectivity index is 1.39. The van der Waals surface area contributed by atoms with Crippen LogP contribution in [0.1, 0.15) is 31.0 Å². The number of carbonyl (C=O) groups excluding carboxylic acids is 1. The van der Waals surface area contributed by atoms with Crippen LogP contribution < -0.4 is 15.5 Å². The molecule has 142 valence electrons. The van der Waals surface area contributed by atoms with E-state index < -0.39 is 0 Å². The summed E-state index contributed by atoms with van der Waals surface area (Å²) in [5.74, 6) is 1.71. The number of nitrogens with one attached hydrogen (secondary N) is 2. The SMILES string of the molecule is Cc1nc(N[C@H]2C[C@@H](Cc3ccc(F)cc3)C2)nc2c1NC(=O)[C@H](C)N2C. The molecule has 2 aromatic rings. The van der Waals surface area contributed by atoms with Gasteiger partial charge in [0.2, 0.25) is 11.9 Å². The molecule has 4 rings (SSSR count). The summed E-state index contributed by atoms with van der Waals surface area (Å²) in [6, 6.07) is 6.83. The number of rotatable bonds is 4. The van der Waals surface area contributed by atoms with Crippen molar-refractivity contribution in [3.8, 4) is 0 Å². The number of fused-ring (bicyclic) bond motifs is 1. The number of hydrogen-bond donors (Lipinski definition) is 2. The molecule has 1 saturated carbocycles. The van der Waals surface area contributed by atoms with Gasteiger partial charge in [-0.2, -0.15) is 4.98 Å². The van der Waals surface area contributed by atoms with Gasteiger partial charge in [-0.1, -0.05) is 12.1 Å². The summed E-state index contributed by atoms with van der Waals surface area (Å²) < 4.78 is 13.0. The minimum absolute atomic E-state index is 0.0416. The second kappa shape index (κ2) is 6.79. The maximum Gasteiger partial charge on any atom is 0.246 e. The third-order valence-electron chi connectivity index (χ3n) is 5.62. The zero-order valence-corrected chi connectivity index (χ0v) is 15.8. The molecule has 1 aliphatic carbocycles. The fourth-order valence-electron chi connectivity index (χ4n) is 3.77. The molecule has 2 aliphatic rings. The highest BCUT2D eigenvalue weighted by Gasteiger charge is 2.32. The second-order valence-electron chi connectivity index (χ2n) is 7.62. The normalized spacial score (nSPS) is 24.1. The number of anilines is 3. The first-order chi connectivity index (χ1) is 12.9. The lowest BCUT2D eigenvalue weighted by Gasteiger charge is -2.37. The molecule has 0 unspecified atom stereocenters. The van der Waals surface area contributed by atoms with E-state index in [0.29, 0.717) is 23.6 Å². The van der Waals surface area contributed by atoms with E-state index in [1.807, 2.05) is 37.9 Å². The Morgan fingerprint density at radius 3 is 2.67 bits per heavy atom. The topological polar surface area (TPSA) is 70.1 Å². The van der Waals surface area contributed by atoms with E-state index >= 15 is 0 Å². The number of likely N-dealkylation sites (N-methyl/N-ethyl adjacent to an activating group) is 1. The first-order valence-corrected chi connectivity index (χ1v) is 9.34. The Morgan fingerprint density at radius 2 is 1.96 bits per heavy atom. The molecule has 1 aromatic heterocycles. The standard InChI is InChI=1S/C20H24FN5O/c1-11-17-18(26(3)12(2)19(27)24-17)25-20(22-11)23-16-9-14(10-16)8-13-4-6-15(21)7-5-13/h4-7,12,14,16H,8-10H2,1-3H3,(H,24,27)(H,22,23,25)/t12-,14-,16+/m0/s1. The Kier molecular flexibility index (Phi) is 4.45. The lowest BCUT2D eigenvalue weighted by atomic mass is 9.77. The Hall–Kier alpha value is -2.70. The Morgan fingerprint density at radius 1 is 1.26 bits per heavy atom. The van der Waals surface area contributed by atoms with Crippen LogP contribution in [0.3, 0.4) is 0 Å². The molecule has 0 bridgehead atoms. The molecule has 0 radical (unpaired) electrons. The summed E-state index contributed by atoms with van der Waals surface area (Å²) >= 11 is 0. The van der Waals surface area contributed by atoms with E-state index in [9.17, 15) is 9.18 Å². The van der Waals surface area contributed by atoms with Crippen LogP contribution in [0.25, 0.3) is 0 Å². The molecule has 7 heteroatoms. The quantitative estimate of drug-likeness (QED) is 0.866. The molecule has 1 aliphatic heterocycles. The van der Waals surface area contributed by atoms with Crippen LogP contribution in [0, 0.1) is 18.7 Å². The molecule has 2 N–H and O–H groups in total. The van der Waals surface area contributed by atoms with Crippen LogP contribution in [0.4, 0.5) is 21.8 Å². The number of amides is 1. The molecular weight excluding hydrogens is 345 g/mol. The van der Waals surface area contributed by atoms with Crippen LogP contribution in [0.15, 0.2) is 24.3 Å². The van der Waals surface area contributed by atoms with Crippen LogP contribution in [0.2, 0.25) is 0 Å². The van der Waals surface area contributed by atoms with Crippen molar-refractivity contribution in [1.29, 1.82) is 0 Å². The lowest BCUT2D eigenvalue weighted by Crippen LogP contribution is -2.45. The van der Waals surface area contributed by atoms with Crippen LogP contribution in [0.5, 0.6) is 0 Å². The molecule has 27 heavy (non-hydrogen) atoms. The Labute approximate surface area is 158 Å². The summed E-state index contributed by atoms with van der Waals surface area (Å²) in [6.45, 7) is 3.74. The lowest BCUT2D eigenvalue weighted by molar-refractivity contribution is -0.117. The van der Waals surface area contributed by atoms with Crippen molar-refractivity contribution >= 4 is 23.4 Å². The molecule has 6 nitrogen and oxygen atoms in total. The van der Waals surface area contributed by atoms with E-state index in [1.54, 1.807) is 0 Å². The van der Waals surface area contributed by atoms with E-state index in [2.05, 4.69) is 20.6 Å². The Bertz CT molecular complexity index is 863. The summed E-state index contributed by atoms with van der Waals surface area (Å²) in [5.41, 5.74) is 2.62. The first-order valence-electron chi connectivity index (χ1n) is 9.34. The molecular formula is C20H24FN5O. The smallest absolute Gasteiger partial charge is 0.246 e. The van der Waals surface area contributed by atoms with Crippen LogP contribution in [-0.2, 0) is 11.2 Å². The van der Waals surface area contributed by atoms with Gasteiger partial charge in [-0.15, -0.1) is 0 Å². The average Bonchev–Trinajstić information content (AvgIpc) is 2.61. The maximum atomic E-state index is 13.0. The minimum atomic E-state index is -0.261. The van der Waals surface area contributed by atoms with E-state index in [0.717, 1.165) is 30.8 Å². The van der Waals surface area contributed by atoms with Gasteiger partial charge < -0.3 is 15.5 Å². The second-order valence-corrected chi connectivity index (χ2v) is 7.62. The number of carbonyl (C=O) groups is 1. The van der Waals surface area contributed by atoms with Crippen LogP contribution >= 0.6 is 0 Å². The van der Waals surface area contributed by atoms with Gasteiger partial charge >= 0.3 is 0 Å². The zero-order chi connectivity index (χ0) is 19.1. The van der Waals surface area contributed by atoms with Crippen molar-refractivity contribution in [3.63, 3.8) is 0 Å². The van der Waals surface area contributed by atoms with Crippen molar-refractivity contribution < 1.29 is 9.18 Å². The largest absolute Gasteiger partial charge is 0.351 e. The van der Waals surface area contributed by atoms with Gasteiger partial charge in [0.05, 0.1) is 5.69 Å². The highest BCUT2D eigenvalue weighted by Crippen LogP contribution is 2.35.